The molecule has 0 radical (unpaired) electrons. The minimum absolute atomic E-state index is 0.0598. The fourth-order valence-corrected chi connectivity index (χ4v) is 2.50. The molecule has 1 atom stereocenters. The minimum atomic E-state index is -0.188. The molecule has 1 aromatic heterocycles. The zero-order valence-electron chi connectivity index (χ0n) is 9.62. The van der Waals surface area contributed by atoms with Gasteiger partial charge in [-0.3, -0.25) is 4.79 Å². The minimum Gasteiger partial charge on any atom is -0.348 e. The Morgan fingerprint density at radius 2 is 2.38 bits per heavy atom. The zero-order chi connectivity index (χ0) is 12.0. The van der Waals surface area contributed by atoms with Crippen molar-refractivity contribution in [2.45, 2.75) is 39.2 Å². The highest BCUT2D eigenvalue weighted by Gasteiger charge is 2.14. The Kier molecular flexibility index (Phi) is 5.00. The van der Waals surface area contributed by atoms with Crippen LogP contribution in [0, 0.1) is 18.3 Å². The third-order valence-electron chi connectivity index (χ3n) is 2.26. The van der Waals surface area contributed by atoms with E-state index in [9.17, 15) is 4.79 Å². The highest BCUT2D eigenvalue weighted by atomic mass is 32.1. The molecule has 0 aliphatic heterocycles. The van der Waals surface area contributed by atoms with Crippen LogP contribution in [0.5, 0.6) is 0 Å². The first-order chi connectivity index (χ1) is 7.67. The van der Waals surface area contributed by atoms with Crippen molar-refractivity contribution in [3.63, 3.8) is 0 Å². The van der Waals surface area contributed by atoms with Crippen LogP contribution in [0.3, 0.4) is 0 Å². The van der Waals surface area contributed by atoms with Gasteiger partial charge in [-0.1, -0.05) is 13.3 Å². The Labute approximate surface area is 100 Å². The van der Waals surface area contributed by atoms with Gasteiger partial charge in [-0.15, -0.1) is 11.3 Å². The van der Waals surface area contributed by atoms with Crippen LogP contribution in [-0.4, -0.2) is 5.91 Å². The second-order valence-electron chi connectivity index (χ2n) is 3.69. The lowest BCUT2D eigenvalue weighted by molar-refractivity contribution is -0.120. The van der Waals surface area contributed by atoms with Crippen molar-refractivity contribution >= 4 is 17.2 Å². The molecule has 1 N–H and O–H groups in total. The van der Waals surface area contributed by atoms with E-state index in [1.54, 1.807) is 11.3 Å². The Bertz CT molecular complexity index is 392. The molecule has 0 aliphatic carbocycles. The molecule has 0 saturated carbocycles. The van der Waals surface area contributed by atoms with Gasteiger partial charge in [0.15, 0.2) is 0 Å². The SMILES string of the molecule is CCC[C@H](NC(=O)CC#N)c1ccc(C)s1. The van der Waals surface area contributed by atoms with Crippen LogP contribution in [-0.2, 0) is 4.79 Å². The van der Waals surface area contributed by atoms with Gasteiger partial charge in [-0.25, -0.2) is 0 Å². The standard InChI is InChI=1S/C12H16N2OS/c1-3-4-10(14-12(15)7-8-13)11-6-5-9(2)16-11/h5-6,10H,3-4,7H2,1-2H3,(H,14,15)/t10-/m0/s1. The predicted octanol–water partition coefficient (Wildman–Crippen LogP) is 2.93. The summed E-state index contributed by atoms with van der Waals surface area (Å²) in [7, 11) is 0. The maximum Gasteiger partial charge on any atom is 0.234 e. The molecule has 1 amide bonds. The largest absolute Gasteiger partial charge is 0.348 e. The van der Waals surface area contributed by atoms with Crippen LogP contribution in [0.25, 0.3) is 0 Å². The first kappa shape index (κ1) is 12.7. The van der Waals surface area contributed by atoms with Gasteiger partial charge < -0.3 is 5.32 Å². The van der Waals surface area contributed by atoms with Crippen molar-refractivity contribution < 1.29 is 4.79 Å². The fourth-order valence-electron chi connectivity index (χ4n) is 1.53. The average molecular weight is 236 g/mol. The number of carbonyl (C=O) groups excluding carboxylic acids is 1. The Morgan fingerprint density at radius 3 is 2.88 bits per heavy atom. The average Bonchev–Trinajstić information content (AvgIpc) is 2.64. The monoisotopic (exact) mass is 236 g/mol. The highest BCUT2D eigenvalue weighted by molar-refractivity contribution is 7.12. The number of amides is 1. The number of hydrogen-bond donors (Lipinski definition) is 1. The molecule has 4 heteroatoms. The molecule has 1 rings (SSSR count). The van der Waals surface area contributed by atoms with E-state index in [2.05, 4.69) is 18.3 Å². The molecule has 0 aliphatic rings. The Hall–Kier alpha value is -1.34. The predicted molar refractivity (Wildman–Crippen MR) is 65.1 cm³/mol. The lowest BCUT2D eigenvalue weighted by atomic mass is 10.1. The van der Waals surface area contributed by atoms with Crippen molar-refractivity contribution in [3.05, 3.63) is 21.9 Å². The highest BCUT2D eigenvalue weighted by Crippen LogP contribution is 2.26. The maximum absolute atomic E-state index is 11.4. The number of nitrogens with zero attached hydrogens (tertiary/aromatic N) is 1. The van der Waals surface area contributed by atoms with Gasteiger partial charge in [0.25, 0.3) is 0 Å². The summed E-state index contributed by atoms with van der Waals surface area (Å²) in [4.78, 5) is 13.8. The molecule has 0 fully saturated rings. The molecular formula is C12H16N2OS. The van der Waals surface area contributed by atoms with Gasteiger partial charge in [0.2, 0.25) is 5.91 Å². The Morgan fingerprint density at radius 1 is 1.62 bits per heavy atom. The van der Waals surface area contributed by atoms with E-state index in [1.807, 2.05) is 19.1 Å². The van der Waals surface area contributed by atoms with Crippen molar-refractivity contribution in [1.29, 1.82) is 5.26 Å². The van der Waals surface area contributed by atoms with Crippen molar-refractivity contribution in [1.82, 2.24) is 5.32 Å². The van der Waals surface area contributed by atoms with Gasteiger partial charge >= 0.3 is 0 Å². The molecule has 0 aromatic carbocycles. The third-order valence-corrected chi connectivity index (χ3v) is 3.37. The topological polar surface area (TPSA) is 52.9 Å². The lowest BCUT2D eigenvalue weighted by Crippen LogP contribution is -2.27. The molecule has 0 bridgehead atoms. The van der Waals surface area contributed by atoms with Crippen LogP contribution in [0.1, 0.15) is 42.0 Å². The molecule has 3 nitrogen and oxygen atoms in total. The number of nitriles is 1. The molecule has 1 aromatic rings. The van der Waals surface area contributed by atoms with Crippen LogP contribution in [0.2, 0.25) is 0 Å². The van der Waals surface area contributed by atoms with E-state index in [-0.39, 0.29) is 18.4 Å². The summed E-state index contributed by atoms with van der Waals surface area (Å²) < 4.78 is 0. The van der Waals surface area contributed by atoms with E-state index in [4.69, 9.17) is 5.26 Å². The summed E-state index contributed by atoms with van der Waals surface area (Å²) >= 11 is 1.70. The molecule has 16 heavy (non-hydrogen) atoms. The van der Waals surface area contributed by atoms with E-state index < -0.39 is 0 Å². The summed E-state index contributed by atoms with van der Waals surface area (Å²) in [6.07, 6.45) is 1.86. The quantitative estimate of drug-likeness (QED) is 0.854. The zero-order valence-corrected chi connectivity index (χ0v) is 10.4. The van der Waals surface area contributed by atoms with Crippen LogP contribution in [0.4, 0.5) is 0 Å². The first-order valence-corrected chi connectivity index (χ1v) is 6.21. The number of aryl methyl sites for hydroxylation is 1. The van der Waals surface area contributed by atoms with Crippen molar-refractivity contribution in [2.75, 3.05) is 0 Å². The Balaban J connectivity index is 2.68. The molecule has 0 spiro atoms. The lowest BCUT2D eigenvalue weighted by Gasteiger charge is -2.15. The molecule has 86 valence electrons. The summed E-state index contributed by atoms with van der Waals surface area (Å²) in [5.74, 6) is -0.188. The number of carbonyl (C=O) groups is 1. The number of hydrogen-bond acceptors (Lipinski definition) is 3. The molecule has 1 heterocycles. The van der Waals surface area contributed by atoms with Crippen molar-refractivity contribution in [3.8, 4) is 6.07 Å². The third kappa shape index (κ3) is 3.67. The van der Waals surface area contributed by atoms with Crippen molar-refractivity contribution in [2.24, 2.45) is 0 Å². The second kappa shape index (κ2) is 6.29. The summed E-state index contributed by atoms with van der Waals surface area (Å²) in [5, 5.41) is 11.3. The molecular weight excluding hydrogens is 220 g/mol. The van der Waals surface area contributed by atoms with Crippen LogP contribution < -0.4 is 5.32 Å². The number of nitrogens with one attached hydrogen (secondary N) is 1. The van der Waals surface area contributed by atoms with Crippen LogP contribution >= 0.6 is 11.3 Å². The number of rotatable bonds is 5. The van der Waals surface area contributed by atoms with E-state index in [0.29, 0.717) is 0 Å². The van der Waals surface area contributed by atoms with Gasteiger partial charge in [0.1, 0.15) is 6.42 Å². The van der Waals surface area contributed by atoms with Crippen LogP contribution in [0.15, 0.2) is 12.1 Å². The molecule has 0 saturated heterocycles. The first-order valence-electron chi connectivity index (χ1n) is 5.40. The van der Waals surface area contributed by atoms with E-state index >= 15 is 0 Å². The smallest absolute Gasteiger partial charge is 0.234 e. The van der Waals surface area contributed by atoms with Gasteiger partial charge in [0.05, 0.1) is 12.1 Å². The fraction of sp³-hybridized carbons (Fsp3) is 0.500. The van der Waals surface area contributed by atoms with E-state index in [1.165, 1.54) is 9.75 Å². The van der Waals surface area contributed by atoms with E-state index in [0.717, 1.165) is 12.8 Å². The van der Waals surface area contributed by atoms with Gasteiger partial charge in [-0.05, 0) is 25.5 Å². The summed E-state index contributed by atoms with van der Waals surface area (Å²) in [5.41, 5.74) is 0. The molecule has 0 unspecified atom stereocenters. The second-order valence-corrected chi connectivity index (χ2v) is 5.01. The maximum atomic E-state index is 11.4. The van der Waals surface area contributed by atoms with Gasteiger partial charge in [0, 0.05) is 9.75 Å². The van der Waals surface area contributed by atoms with Gasteiger partial charge in [-0.2, -0.15) is 5.26 Å². The summed E-state index contributed by atoms with van der Waals surface area (Å²) in [6.45, 7) is 4.14. The normalized spacial score (nSPS) is 11.8. The number of thiophene rings is 1. The summed E-state index contributed by atoms with van der Waals surface area (Å²) in [6, 6.07) is 6.03.